The van der Waals surface area contributed by atoms with Crippen LogP contribution in [0, 0.1) is 17.3 Å². The summed E-state index contributed by atoms with van der Waals surface area (Å²) in [6.07, 6.45) is 5.77. The number of carbonyl (C=O) groups is 3. The molecule has 2 radical (unpaired) electrons. The van der Waals surface area contributed by atoms with Crippen LogP contribution < -0.4 is 0 Å². The maximum atomic E-state index is 14.3. The number of aliphatic carboxylic acids is 1. The fraction of sp³-hybridized carbons (Fsp3) is 0.690. The predicted molar refractivity (Wildman–Crippen MR) is 148 cm³/mol. The second-order valence-corrected chi connectivity index (χ2v) is 13.1. The van der Waals surface area contributed by atoms with Gasteiger partial charge in [-0.2, -0.15) is 12.6 Å². The van der Waals surface area contributed by atoms with Gasteiger partial charge in [0.25, 0.3) is 0 Å². The summed E-state index contributed by atoms with van der Waals surface area (Å²) in [5, 5.41) is 7.87. The molecule has 3 aliphatic rings. The minimum absolute atomic E-state index is 0.00546. The van der Waals surface area contributed by atoms with E-state index in [-0.39, 0.29) is 24.5 Å². The normalized spacial score (nSPS) is 42.9. The lowest BCUT2D eigenvalue weighted by Crippen LogP contribution is -2.48. The van der Waals surface area contributed by atoms with Gasteiger partial charge in [0.2, 0.25) is 0 Å². The maximum absolute atomic E-state index is 14.3. The van der Waals surface area contributed by atoms with Crippen molar-refractivity contribution >= 4 is 38.2 Å². The first-order chi connectivity index (χ1) is 18.1. The number of cyclic esters (lactones) is 1. The number of hydrogen-bond acceptors (Lipinski definition) is 8. The van der Waals surface area contributed by atoms with Gasteiger partial charge in [-0.3, -0.25) is 9.59 Å². The van der Waals surface area contributed by atoms with E-state index in [1.807, 2.05) is 26.0 Å². The van der Waals surface area contributed by atoms with Crippen molar-refractivity contribution in [2.75, 3.05) is 0 Å². The molecule has 0 amide bonds. The average Bonchev–Trinajstić information content (AvgIpc) is 3.44. The molecule has 1 aromatic rings. The molecule has 9 atom stereocenters. The molecule has 2 saturated heterocycles. The number of carboxylic acids is 1. The van der Waals surface area contributed by atoms with Gasteiger partial charge in [0, 0.05) is 23.2 Å². The molecule has 8 nitrogen and oxygen atoms in total. The summed E-state index contributed by atoms with van der Waals surface area (Å²) >= 11 is 4.85. The molecule has 212 valence electrons. The summed E-state index contributed by atoms with van der Waals surface area (Å²) in [6.45, 7) is 10.9. The van der Waals surface area contributed by atoms with Gasteiger partial charge < -0.3 is 23.7 Å². The van der Waals surface area contributed by atoms with Crippen molar-refractivity contribution in [3.8, 4) is 0 Å². The predicted octanol–water partition coefficient (Wildman–Crippen LogP) is 4.89. The highest BCUT2D eigenvalue weighted by molar-refractivity contribution is 7.81. The van der Waals surface area contributed by atoms with Gasteiger partial charge in [-0.1, -0.05) is 26.0 Å². The van der Waals surface area contributed by atoms with Crippen molar-refractivity contribution in [3.63, 3.8) is 0 Å². The number of fused-ring (bicyclic) bond motifs is 1. The quantitative estimate of drug-likeness (QED) is 0.167. The van der Waals surface area contributed by atoms with E-state index in [0.29, 0.717) is 12.8 Å². The smallest absolute Gasteiger partial charge is 0.338 e. The molecule has 4 unspecified atom stereocenters. The summed E-state index contributed by atoms with van der Waals surface area (Å²) in [5.41, 5.74) is -2.45. The molecule has 0 spiro atoms. The molecule has 1 aromatic heterocycles. The van der Waals surface area contributed by atoms with Crippen LogP contribution in [0.1, 0.15) is 78.9 Å². The number of ketones is 1. The minimum Gasteiger partial charge on any atom is -0.481 e. The lowest BCUT2D eigenvalue weighted by molar-refractivity contribution is -0.154. The molecule has 10 heteroatoms. The Balaban J connectivity index is 1.63. The molecule has 3 aliphatic heterocycles. The molecular weight excluding hydrogens is 519 g/mol. The van der Waals surface area contributed by atoms with E-state index < -0.39 is 63.3 Å². The zero-order valence-electron chi connectivity index (χ0n) is 23.5. The van der Waals surface area contributed by atoms with Crippen LogP contribution in [0.15, 0.2) is 35.2 Å². The Hall–Kier alpha value is -2.04. The van der Waals surface area contributed by atoms with Gasteiger partial charge in [0.05, 0.1) is 43.4 Å². The molecular formula is C29H39BO8S. The number of esters is 1. The summed E-state index contributed by atoms with van der Waals surface area (Å²) in [5.74, 6) is -2.20. The van der Waals surface area contributed by atoms with Gasteiger partial charge in [0.1, 0.15) is 18.0 Å². The Labute approximate surface area is 237 Å². The van der Waals surface area contributed by atoms with E-state index in [9.17, 15) is 19.5 Å². The number of carbonyl (C=O) groups excluding carboxylic acids is 2. The highest BCUT2D eigenvalue weighted by Gasteiger charge is 2.66. The van der Waals surface area contributed by atoms with Gasteiger partial charge >= 0.3 is 11.9 Å². The van der Waals surface area contributed by atoms with E-state index >= 15 is 0 Å². The lowest BCUT2D eigenvalue weighted by Gasteiger charge is -2.43. The van der Waals surface area contributed by atoms with Crippen LogP contribution in [-0.2, 0) is 28.6 Å². The van der Waals surface area contributed by atoms with Crippen LogP contribution in [0.25, 0.3) is 0 Å². The number of ether oxygens (including phenoxy) is 3. The first-order valence-corrected chi connectivity index (χ1v) is 14.0. The first-order valence-electron chi connectivity index (χ1n) is 13.5. The van der Waals surface area contributed by atoms with Gasteiger partial charge in [-0.05, 0) is 57.8 Å². The van der Waals surface area contributed by atoms with E-state index in [2.05, 4.69) is 0 Å². The molecule has 4 heterocycles. The molecule has 2 fully saturated rings. The van der Waals surface area contributed by atoms with Crippen molar-refractivity contribution in [1.82, 2.24) is 0 Å². The van der Waals surface area contributed by atoms with Crippen molar-refractivity contribution in [2.24, 2.45) is 17.3 Å². The SMILES string of the molecule is [B][C@@]1(CC(=O)C2(C)C3OC3C(=O)O[C@@H](c3ccoc3)[C@H](C)C/C=C/C[C@@H]2S)C(C)[C@](C)(CC(=O)O)OC1(C)C. The maximum Gasteiger partial charge on any atom is 0.338 e. The molecule has 0 bridgehead atoms. The minimum atomic E-state index is -1.17. The molecule has 0 saturated carbocycles. The Kier molecular flexibility index (Phi) is 8.00. The summed E-state index contributed by atoms with van der Waals surface area (Å²) in [7, 11) is 6.97. The molecule has 4 rings (SSSR count). The van der Waals surface area contributed by atoms with Crippen LogP contribution in [0.3, 0.4) is 0 Å². The largest absolute Gasteiger partial charge is 0.481 e. The van der Waals surface area contributed by atoms with Gasteiger partial charge in [0.15, 0.2) is 6.10 Å². The highest BCUT2D eigenvalue weighted by atomic mass is 32.1. The molecule has 1 N–H and O–H groups in total. The Morgan fingerprint density at radius 1 is 1.10 bits per heavy atom. The second-order valence-electron chi connectivity index (χ2n) is 12.5. The summed E-state index contributed by atoms with van der Waals surface area (Å²) in [4.78, 5) is 39.1. The summed E-state index contributed by atoms with van der Waals surface area (Å²) < 4.78 is 23.3. The second kappa shape index (κ2) is 10.4. The van der Waals surface area contributed by atoms with Crippen LogP contribution in [0.2, 0.25) is 5.31 Å². The van der Waals surface area contributed by atoms with Gasteiger partial charge in [-0.15, -0.1) is 0 Å². The first kappa shape index (κ1) is 29.9. The Morgan fingerprint density at radius 3 is 2.38 bits per heavy atom. The van der Waals surface area contributed by atoms with Crippen molar-refractivity contribution < 1.29 is 38.1 Å². The van der Waals surface area contributed by atoms with E-state index in [1.54, 1.807) is 46.3 Å². The number of rotatable bonds is 6. The number of Topliss-reactive ketones (excluding diaryl/α,β-unsaturated/α-hetero) is 1. The molecule has 0 aromatic carbocycles. The number of carboxylic acid groups (broad SMARTS) is 1. The summed E-state index contributed by atoms with van der Waals surface area (Å²) in [6, 6.07) is 1.78. The van der Waals surface area contributed by atoms with Crippen LogP contribution >= 0.6 is 12.6 Å². The number of epoxide rings is 1. The zero-order chi connectivity index (χ0) is 29.0. The van der Waals surface area contributed by atoms with Crippen molar-refractivity contribution in [3.05, 3.63) is 36.3 Å². The van der Waals surface area contributed by atoms with E-state index in [1.165, 1.54) is 0 Å². The Bertz CT molecular complexity index is 1130. The average molecular weight is 559 g/mol. The third kappa shape index (κ3) is 5.24. The van der Waals surface area contributed by atoms with Crippen molar-refractivity contribution in [1.29, 1.82) is 0 Å². The van der Waals surface area contributed by atoms with Gasteiger partial charge in [-0.25, -0.2) is 4.79 Å². The van der Waals surface area contributed by atoms with E-state index in [0.717, 1.165) is 5.56 Å². The van der Waals surface area contributed by atoms with Crippen molar-refractivity contribution in [2.45, 2.75) is 107 Å². The number of allylic oxidation sites excluding steroid dienone is 2. The fourth-order valence-corrected chi connectivity index (χ4v) is 6.88. The third-order valence-corrected chi connectivity index (χ3v) is 10.3. The Morgan fingerprint density at radius 2 is 1.77 bits per heavy atom. The zero-order valence-corrected chi connectivity index (χ0v) is 24.4. The molecule has 39 heavy (non-hydrogen) atoms. The number of hydrogen-bond donors (Lipinski definition) is 2. The highest BCUT2D eigenvalue weighted by Crippen LogP contribution is 2.62. The van der Waals surface area contributed by atoms with E-state index in [4.69, 9.17) is 39.1 Å². The third-order valence-electron chi connectivity index (χ3n) is 9.53. The lowest BCUT2D eigenvalue weighted by atomic mass is 9.49. The standard InChI is InChI=1S/C29H39BO8S/c1-16-9-7-8-10-20(39)28(6,24-23(36-24)25(34)37-22(16)18-11-12-35-15-18)19(31)13-29(30)17(2)27(5,14-21(32)33)38-26(29,3)4/h7-8,11-12,15-17,20,22-24,39H,9-10,13-14H2,1-6H3,(H,32,33)/b8-7+/t16-,17?,20+,22-,23?,24?,27+,28?,29+/m1/s1. The number of furan rings is 1. The van der Waals surface area contributed by atoms with Crippen LogP contribution in [0.4, 0.5) is 0 Å². The monoisotopic (exact) mass is 558 g/mol. The number of thiol groups is 1. The van der Waals surface area contributed by atoms with Crippen LogP contribution in [-0.4, -0.2) is 59.3 Å². The molecule has 0 aliphatic carbocycles. The topological polar surface area (TPSA) is 116 Å². The fourth-order valence-electron chi connectivity index (χ4n) is 6.47. The van der Waals surface area contributed by atoms with Crippen LogP contribution in [0.5, 0.6) is 0 Å².